The molecule has 1 unspecified atom stereocenters. The van der Waals surface area contributed by atoms with Crippen LogP contribution in [0, 0.1) is 10.1 Å². The summed E-state index contributed by atoms with van der Waals surface area (Å²) in [5.41, 5.74) is -1.73. The van der Waals surface area contributed by atoms with Crippen molar-refractivity contribution in [2.75, 3.05) is 0 Å². The predicted octanol–water partition coefficient (Wildman–Crippen LogP) is 1.67. The monoisotopic (exact) mass is 262 g/mol. The molecule has 2 aromatic rings. The fourth-order valence-corrected chi connectivity index (χ4v) is 1.95. The van der Waals surface area contributed by atoms with Gasteiger partial charge in [0, 0.05) is 16.6 Å². The smallest absolute Gasteiger partial charge is 0.316 e. The molecule has 1 atom stereocenters. The molecule has 19 heavy (non-hydrogen) atoms. The standard InChI is InChI=1S/C12H10N2O5/c15-11(16)8-12(14(17)18,10-6-7-13-19-10)9-4-2-1-3-5-9/h1-7H,8H2,(H,15,16). The van der Waals surface area contributed by atoms with E-state index in [1.165, 1.54) is 24.4 Å². The molecular formula is C12H10N2O5. The molecule has 7 nitrogen and oxygen atoms in total. The highest BCUT2D eigenvalue weighted by Crippen LogP contribution is 2.36. The molecule has 1 aromatic heterocycles. The Bertz CT molecular complexity index is 581. The maximum absolute atomic E-state index is 11.5. The highest BCUT2D eigenvalue weighted by molar-refractivity contribution is 5.69. The minimum atomic E-state index is -1.97. The van der Waals surface area contributed by atoms with Crippen molar-refractivity contribution in [3.8, 4) is 0 Å². The number of carbonyl (C=O) groups is 1. The first-order chi connectivity index (χ1) is 9.07. The second-order valence-corrected chi connectivity index (χ2v) is 3.93. The lowest BCUT2D eigenvalue weighted by Gasteiger charge is -2.21. The zero-order valence-corrected chi connectivity index (χ0v) is 9.72. The molecule has 0 bridgehead atoms. The molecule has 98 valence electrons. The summed E-state index contributed by atoms with van der Waals surface area (Å²) in [6, 6.07) is 9.19. The minimum Gasteiger partial charge on any atom is -0.481 e. The largest absolute Gasteiger partial charge is 0.481 e. The second kappa shape index (κ2) is 4.89. The molecule has 2 rings (SSSR count). The molecule has 0 spiro atoms. The lowest BCUT2D eigenvalue weighted by atomic mass is 9.85. The summed E-state index contributed by atoms with van der Waals surface area (Å²) < 4.78 is 4.86. The number of nitro groups is 1. The number of benzene rings is 1. The Hall–Kier alpha value is -2.70. The van der Waals surface area contributed by atoms with Crippen LogP contribution in [-0.2, 0) is 10.3 Å². The van der Waals surface area contributed by atoms with Crippen LogP contribution in [0.1, 0.15) is 17.7 Å². The third-order valence-corrected chi connectivity index (χ3v) is 2.82. The summed E-state index contributed by atoms with van der Waals surface area (Å²) in [6.45, 7) is 0. The Kier molecular flexibility index (Phi) is 3.28. The van der Waals surface area contributed by atoms with Crippen molar-refractivity contribution in [2.24, 2.45) is 0 Å². The third-order valence-electron chi connectivity index (χ3n) is 2.82. The van der Waals surface area contributed by atoms with Gasteiger partial charge in [0.15, 0.2) is 0 Å². The van der Waals surface area contributed by atoms with E-state index in [4.69, 9.17) is 9.63 Å². The topological polar surface area (TPSA) is 106 Å². The van der Waals surface area contributed by atoms with Crippen LogP contribution in [0.15, 0.2) is 47.1 Å². The van der Waals surface area contributed by atoms with Gasteiger partial charge < -0.3 is 9.63 Å². The van der Waals surface area contributed by atoms with Crippen LogP contribution in [0.25, 0.3) is 0 Å². The number of aliphatic carboxylic acids is 1. The number of carboxylic acid groups (broad SMARTS) is 1. The number of aromatic nitrogens is 1. The van der Waals surface area contributed by atoms with E-state index in [0.717, 1.165) is 0 Å². The molecule has 0 saturated heterocycles. The number of rotatable bonds is 5. The van der Waals surface area contributed by atoms with Gasteiger partial charge in [-0.25, -0.2) is 0 Å². The number of carboxylic acids is 1. The Balaban J connectivity index is 2.66. The molecule has 1 aromatic carbocycles. The predicted molar refractivity (Wildman–Crippen MR) is 63.0 cm³/mol. The van der Waals surface area contributed by atoms with Gasteiger partial charge in [-0.3, -0.25) is 14.9 Å². The van der Waals surface area contributed by atoms with Crippen LogP contribution >= 0.6 is 0 Å². The quantitative estimate of drug-likeness (QED) is 0.648. The molecule has 7 heteroatoms. The Morgan fingerprint density at radius 2 is 2.05 bits per heavy atom. The van der Waals surface area contributed by atoms with Crippen molar-refractivity contribution < 1.29 is 19.3 Å². The summed E-state index contributed by atoms with van der Waals surface area (Å²) in [7, 11) is 0. The maximum atomic E-state index is 11.5. The summed E-state index contributed by atoms with van der Waals surface area (Å²) in [5, 5.41) is 23.9. The van der Waals surface area contributed by atoms with E-state index in [-0.39, 0.29) is 11.3 Å². The molecule has 0 aliphatic carbocycles. The highest BCUT2D eigenvalue weighted by atomic mass is 16.6. The van der Waals surface area contributed by atoms with Crippen molar-refractivity contribution in [2.45, 2.75) is 12.0 Å². The summed E-state index contributed by atoms with van der Waals surface area (Å²) in [6.07, 6.45) is 0.525. The van der Waals surface area contributed by atoms with Gasteiger partial charge in [-0.15, -0.1) is 0 Å². The summed E-state index contributed by atoms with van der Waals surface area (Å²) in [5.74, 6) is -1.40. The molecule has 0 fully saturated rings. The SMILES string of the molecule is O=C(O)CC(c1ccccc1)(c1ccno1)[N+](=O)[O-]. The first kappa shape index (κ1) is 12.7. The maximum Gasteiger partial charge on any atom is 0.316 e. The average Bonchev–Trinajstić information content (AvgIpc) is 2.90. The average molecular weight is 262 g/mol. The van der Waals surface area contributed by atoms with E-state index in [2.05, 4.69) is 5.16 Å². The van der Waals surface area contributed by atoms with Crippen molar-refractivity contribution in [1.82, 2.24) is 5.16 Å². The Morgan fingerprint density at radius 1 is 1.37 bits per heavy atom. The van der Waals surface area contributed by atoms with Gasteiger partial charge in [-0.1, -0.05) is 35.5 Å². The van der Waals surface area contributed by atoms with Crippen LogP contribution in [-0.4, -0.2) is 21.2 Å². The van der Waals surface area contributed by atoms with Gasteiger partial charge in [0.1, 0.15) is 6.42 Å². The van der Waals surface area contributed by atoms with Crippen molar-refractivity contribution in [3.05, 3.63) is 64.0 Å². The van der Waals surface area contributed by atoms with E-state index in [0.29, 0.717) is 0 Å². The normalized spacial score (nSPS) is 13.7. The first-order valence-electron chi connectivity index (χ1n) is 5.40. The molecule has 0 amide bonds. The van der Waals surface area contributed by atoms with Gasteiger partial charge in [-0.2, -0.15) is 0 Å². The molecule has 0 radical (unpaired) electrons. The fraction of sp³-hybridized carbons (Fsp3) is 0.167. The lowest BCUT2D eigenvalue weighted by Crippen LogP contribution is -2.38. The zero-order chi connectivity index (χ0) is 13.9. The molecule has 0 aliphatic rings. The van der Waals surface area contributed by atoms with Gasteiger partial charge in [0.25, 0.3) is 0 Å². The van der Waals surface area contributed by atoms with Gasteiger partial charge in [0.2, 0.25) is 5.76 Å². The molecule has 1 heterocycles. The second-order valence-electron chi connectivity index (χ2n) is 3.93. The highest BCUT2D eigenvalue weighted by Gasteiger charge is 2.52. The Labute approximate surface area is 107 Å². The van der Waals surface area contributed by atoms with Gasteiger partial charge in [-0.05, 0) is 0 Å². The van der Waals surface area contributed by atoms with Crippen LogP contribution < -0.4 is 0 Å². The fourth-order valence-electron chi connectivity index (χ4n) is 1.95. The van der Waals surface area contributed by atoms with Gasteiger partial charge >= 0.3 is 11.5 Å². The lowest BCUT2D eigenvalue weighted by molar-refractivity contribution is -0.568. The number of hydrogen-bond donors (Lipinski definition) is 1. The van der Waals surface area contributed by atoms with Crippen molar-refractivity contribution >= 4 is 5.97 Å². The molecular weight excluding hydrogens is 252 g/mol. The minimum absolute atomic E-state index is 0.105. The van der Waals surface area contributed by atoms with Crippen LogP contribution in [0.4, 0.5) is 0 Å². The van der Waals surface area contributed by atoms with Crippen LogP contribution in [0.5, 0.6) is 0 Å². The molecule has 1 N–H and O–H groups in total. The molecule has 0 saturated carbocycles. The summed E-state index contributed by atoms with van der Waals surface area (Å²) >= 11 is 0. The third kappa shape index (κ3) is 2.17. The van der Waals surface area contributed by atoms with Gasteiger partial charge in [0.05, 0.1) is 6.20 Å². The van der Waals surface area contributed by atoms with E-state index in [9.17, 15) is 14.9 Å². The first-order valence-corrected chi connectivity index (χ1v) is 5.40. The number of nitrogens with zero attached hydrogens (tertiary/aromatic N) is 2. The van der Waals surface area contributed by atoms with Crippen LogP contribution in [0.3, 0.4) is 0 Å². The number of hydrogen-bond acceptors (Lipinski definition) is 5. The Morgan fingerprint density at radius 3 is 2.53 bits per heavy atom. The van der Waals surface area contributed by atoms with E-state index in [1.54, 1.807) is 18.2 Å². The van der Waals surface area contributed by atoms with Crippen molar-refractivity contribution in [3.63, 3.8) is 0 Å². The summed E-state index contributed by atoms with van der Waals surface area (Å²) in [4.78, 5) is 21.9. The van der Waals surface area contributed by atoms with E-state index < -0.39 is 22.9 Å². The van der Waals surface area contributed by atoms with Crippen LogP contribution in [0.2, 0.25) is 0 Å². The van der Waals surface area contributed by atoms with E-state index in [1.807, 2.05) is 0 Å². The van der Waals surface area contributed by atoms with E-state index >= 15 is 0 Å². The molecule has 0 aliphatic heterocycles. The zero-order valence-electron chi connectivity index (χ0n) is 9.72. The van der Waals surface area contributed by atoms with Crippen molar-refractivity contribution in [1.29, 1.82) is 0 Å².